The van der Waals surface area contributed by atoms with Crippen molar-refractivity contribution in [2.24, 2.45) is 9.98 Å². The van der Waals surface area contributed by atoms with E-state index in [2.05, 4.69) is 48.0 Å². The van der Waals surface area contributed by atoms with E-state index in [-0.39, 0.29) is 12.3 Å². The summed E-state index contributed by atoms with van der Waals surface area (Å²) in [7, 11) is 0. The van der Waals surface area contributed by atoms with Crippen LogP contribution in [0, 0.1) is 0 Å². The summed E-state index contributed by atoms with van der Waals surface area (Å²) in [6.07, 6.45) is 26.8. The molecule has 288 valence electrons. The fourth-order valence-corrected chi connectivity index (χ4v) is 5.41. The van der Waals surface area contributed by atoms with Crippen LogP contribution in [-0.2, 0) is 18.9 Å². The number of nitrogens with one attached hydrogen (secondary N) is 3. The molecule has 0 aromatic carbocycles. The van der Waals surface area contributed by atoms with Gasteiger partial charge in [-0.3, -0.25) is 9.97 Å². The molecule has 1 aromatic rings. The molecule has 1 rings (SSSR count). The summed E-state index contributed by atoms with van der Waals surface area (Å²) >= 11 is 0. The van der Waals surface area contributed by atoms with E-state index >= 15 is 0 Å². The number of aliphatic hydroxyl groups excluding tert-OH is 1. The molecule has 0 fully saturated rings. The maximum absolute atomic E-state index is 9.61. The minimum Gasteiger partial charge on any atom is -0.376 e. The van der Waals surface area contributed by atoms with Crippen molar-refractivity contribution in [2.75, 3.05) is 38.5 Å². The van der Waals surface area contributed by atoms with Crippen LogP contribution in [0.2, 0.25) is 0 Å². The van der Waals surface area contributed by atoms with Gasteiger partial charge in [-0.15, -0.1) is 0 Å². The van der Waals surface area contributed by atoms with E-state index in [0.717, 1.165) is 51.4 Å². The van der Waals surface area contributed by atoms with Gasteiger partial charge in [-0.25, -0.2) is 0 Å². The van der Waals surface area contributed by atoms with Crippen molar-refractivity contribution in [2.45, 2.75) is 195 Å². The first kappa shape index (κ1) is 45.2. The van der Waals surface area contributed by atoms with Gasteiger partial charge >= 0.3 is 0 Å². The molecule has 0 radical (unpaired) electrons. The fraction of sp³-hybridized carbons (Fsp3) is 0.921. The smallest absolute Gasteiger partial charge is 0.261 e. The molecule has 0 aliphatic carbocycles. The SMILES string of the molecule is CCCCCCCCOC(N=c1nc(NCO)[nH]c(=NC(OCCCCCCCC)OCCCCCCCC)[nH]1)OCCCCCCCC. The third kappa shape index (κ3) is 27.6. The van der Waals surface area contributed by atoms with Crippen LogP contribution in [0.3, 0.4) is 0 Å². The number of hydrogen-bond acceptors (Lipinski definition) is 9. The van der Waals surface area contributed by atoms with Gasteiger partial charge in [0.25, 0.3) is 12.8 Å². The number of aromatic amines is 2. The monoisotopic (exact) mass is 697 g/mol. The first-order valence-electron chi connectivity index (χ1n) is 20.3. The van der Waals surface area contributed by atoms with Crippen LogP contribution in [0.15, 0.2) is 9.98 Å². The quantitative estimate of drug-likeness (QED) is 0.0406. The second-order valence-corrected chi connectivity index (χ2v) is 13.1. The molecule has 1 aromatic heterocycles. The van der Waals surface area contributed by atoms with Gasteiger partial charge in [0.15, 0.2) is 0 Å². The number of rotatable bonds is 36. The molecule has 11 nitrogen and oxygen atoms in total. The summed E-state index contributed by atoms with van der Waals surface area (Å²) in [6.45, 7) is 10.9. The van der Waals surface area contributed by atoms with Crippen molar-refractivity contribution in [1.82, 2.24) is 15.0 Å². The predicted octanol–water partition coefficient (Wildman–Crippen LogP) is 8.98. The summed E-state index contributed by atoms with van der Waals surface area (Å²) in [6, 6.07) is 0. The molecule has 4 N–H and O–H groups in total. The van der Waals surface area contributed by atoms with Crippen molar-refractivity contribution in [3.05, 3.63) is 11.2 Å². The first-order chi connectivity index (χ1) is 24.2. The number of H-pyrrole nitrogens is 2. The van der Waals surface area contributed by atoms with Gasteiger partial charge in [-0.1, -0.05) is 156 Å². The molecule has 11 heteroatoms. The largest absolute Gasteiger partial charge is 0.376 e. The average Bonchev–Trinajstić information content (AvgIpc) is 3.09. The van der Waals surface area contributed by atoms with Crippen LogP contribution in [0.1, 0.15) is 182 Å². The lowest BCUT2D eigenvalue weighted by Crippen LogP contribution is -2.33. The van der Waals surface area contributed by atoms with Gasteiger partial charge < -0.3 is 29.4 Å². The number of aromatic nitrogens is 3. The van der Waals surface area contributed by atoms with Crippen LogP contribution in [0.25, 0.3) is 0 Å². The van der Waals surface area contributed by atoms with Crippen molar-refractivity contribution in [3.8, 4) is 0 Å². The third-order valence-electron chi connectivity index (χ3n) is 8.43. The highest BCUT2D eigenvalue weighted by atomic mass is 16.7. The lowest BCUT2D eigenvalue weighted by Gasteiger charge is -2.15. The lowest BCUT2D eigenvalue weighted by atomic mass is 10.1. The highest BCUT2D eigenvalue weighted by molar-refractivity contribution is 5.18. The van der Waals surface area contributed by atoms with Crippen molar-refractivity contribution >= 4 is 5.95 Å². The van der Waals surface area contributed by atoms with E-state index in [9.17, 15) is 5.11 Å². The minimum absolute atomic E-state index is 0.273. The van der Waals surface area contributed by atoms with Crippen LogP contribution < -0.4 is 16.6 Å². The molecule has 0 amide bonds. The third-order valence-corrected chi connectivity index (χ3v) is 8.43. The molecular formula is C38H76N6O5. The maximum Gasteiger partial charge on any atom is 0.261 e. The fourth-order valence-electron chi connectivity index (χ4n) is 5.41. The topological polar surface area (TPSA) is 138 Å². The van der Waals surface area contributed by atoms with Crippen LogP contribution in [-0.4, -0.2) is 66.0 Å². The Hall–Kier alpha value is -1.79. The summed E-state index contributed by atoms with van der Waals surface area (Å²) < 4.78 is 24.5. The first-order valence-corrected chi connectivity index (χ1v) is 20.3. The van der Waals surface area contributed by atoms with Crippen LogP contribution >= 0.6 is 0 Å². The molecule has 0 saturated carbocycles. The van der Waals surface area contributed by atoms with Crippen molar-refractivity contribution in [1.29, 1.82) is 0 Å². The lowest BCUT2D eigenvalue weighted by molar-refractivity contribution is -0.140. The molecule has 1 heterocycles. The van der Waals surface area contributed by atoms with Gasteiger partial charge in [-0.05, 0) is 25.7 Å². The Morgan fingerprint density at radius 2 is 0.857 bits per heavy atom. The zero-order valence-corrected chi connectivity index (χ0v) is 32.1. The van der Waals surface area contributed by atoms with E-state index in [0.29, 0.717) is 38.0 Å². The molecule has 0 unspecified atom stereocenters. The van der Waals surface area contributed by atoms with Crippen molar-refractivity contribution < 1.29 is 24.1 Å². The van der Waals surface area contributed by atoms with E-state index in [1.807, 2.05) is 0 Å². The molecule has 0 bridgehead atoms. The van der Waals surface area contributed by atoms with E-state index in [1.54, 1.807) is 0 Å². The number of aliphatic hydroxyl groups is 1. The highest BCUT2D eigenvalue weighted by Crippen LogP contribution is 2.10. The normalized spacial score (nSPS) is 12.6. The number of nitrogens with zero attached hydrogens (tertiary/aromatic N) is 3. The Morgan fingerprint density at radius 1 is 0.510 bits per heavy atom. The average molecular weight is 697 g/mol. The number of unbranched alkanes of at least 4 members (excludes halogenated alkanes) is 20. The summed E-state index contributed by atoms with van der Waals surface area (Å²) in [5.74, 6) is 0.315. The summed E-state index contributed by atoms with van der Waals surface area (Å²) in [5.41, 5.74) is 0.640. The molecular weight excluding hydrogens is 620 g/mol. The molecule has 0 atom stereocenters. The van der Waals surface area contributed by atoms with Crippen molar-refractivity contribution in [3.63, 3.8) is 0 Å². The van der Waals surface area contributed by atoms with E-state index < -0.39 is 12.8 Å². The zero-order chi connectivity index (χ0) is 35.5. The Bertz CT molecular complexity index is 866. The second kappa shape index (κ2) is 34.6. The number of hydrogen-bond donors (Lipinski definition) is 4. The molecule has 0 saturated heterocycles. The van der Waals surface area contributed by atoms with E-state index in [4.69, 9.17) is 28.9 Å². The molecule has 0 aliphatic heterocycles. The Labute approximate surface area is 298 Å². The van der Waals surface area contributed by atoms with Gasteiger partial charge in [0.1, 0.15) is 6.73 Å². The van der Waals surface area contributed by atoms with E-state index in [1.165, 1.54) is 103 Å². The summed E-state index contributed by atoms with van der Waals surface area (Å²) in [5, 5.41) is 12.4. The number of anilines is 1. The van der Waals surface area contributed by atoms with Gasteiger partial charge in [-0.2, -0.15) is 15.0 Å². The van der Waals surface area contributed by atoms with Crippen LogP contribution in [0.4, 0.5) is 5.95 Å². The molecule has 0 spiro atoms. The molecule has 49 heavy (non-hydrogen) atoms. The molecule has 0 aliphatic rings. The van der Waals surface area contributed by atoms with Gasteiger partial charge in [0.05, 0.1) is 26.4 Å². The number of ether oxygens (including phenoxy) is 4. The minimum atomic E-state index is -0.795. The Morgan fingerprint density at radius 3 is 1.22 bits per heavy atom. The highest BCUT2D eigenvalue weighted by Gasteiger charge is 2.11. The Kier molecular flexibility index (Phi) is 32.0. The van der Waals surface area contributed by atoms with Gasteiger partial charge in [0, 0.05) is 0 Å². The predicted molar refractivity (Wildman–Crippen MR) is 200 cm³/mol. The maximum atomic E-state index is 9.61. The summed E-state index contributed by atoms with van der Waals surface area (Å²) in [4.78, 5) is 20.2. The second-order valence-electron chi connectivity index (χ2n) is 13.1. The zero-order valence-electron chi connectivity index (χ0n) is 32.1. The van der Waals surface area contributed by atoms with Gasteiger partial charge in [0.2, 0.25) is 17.2 Å². The standard InChI is InChI=1S/C38H76N6O5/c1-5-9-13-17-21-25-29-46-37(47-30-26-22-18-14-10-6-2)43-35-40-34(39-33-45)41-36(42-35)44-38(48-31-27-23-19-15-11-7-3)49-32-28-24-20-16-12-8-4/h37-38,45H,5-33H2,1-4H3,(H3,39,40,41,42,43,44). The Balaban J connectivity index is 3.07. The van der Waals surface area contributed by atoms with Crippen LogP contribution in [0.5, 0.6) is 0 Å².